The minimum atomic E-state index is -0.342. The van der Waals surface area contributed by atoms with E-state index in [4.69, 9.17) is 17.3 Å². The average molecular weight is 298 g/mol. The molecule has 1 amide bonds. The smallest absolute Gasteiger partial charge is 0.237 e. The van der Waals surface area contributed by atoms with Crippen LogP contribution in [0, 0.1) is 0 Å². The van der Waals surface area contributed by atoms with Gasteiger partial charge in [-0.3, -0.25) is 4.79 Å². The largest absolute Gasteiger partial charge is 0.368 e. The molecule has 0 aliphatic heterocycles. The number of nitrogens with zero attached hydrogens (tertiary/aromatic N) is 2. The molecule has 8 heteroatoms. The zero-order chi connectivity index (χ0) is 13.8. The second kappa shape index (κ2) is 5.94. The first-order valence-electron chi connectivity index (χ1n) is 5.45. The molecule has 0 fully saturated rings. The van der Waals surface area contributed by atoms with Gasteiger partial charge in [-0.2, -0.15) is 4.98 Å². The molecule has 4 N–H and O–H groups in total. The molecule has 1 unspecified atom stereocenters. The zero-order valence-corrected chi connectivity index (χ0v) is 11.6. The SMILES string of the molecule is CC(Sc1n[nH]c(N)n1)C(=O)Nc1ccc(Cl)cc1. The summed E-state index contributed by atoms with van der Waals surface area (Å²) < 4.78 is 0. The Labute approximate surface area is 119 Å². The lowest BCUT2D eigenvalue weighted by Crippen LogP contribution is -2.22. The van der Waals surface area contributed by atoms with Gasteiger partial charge in [0.25, 0.3) is 0 Å². The van der Waals surface area contributed by atoms with Crippen LogP contribution in [0.25, 0.3) is 0 Å². The van der Waals surface area contributed by atoms with Crippen LogP contribution in [0.2, 0.25) is 5.02 Å². The zero-order valence-electron chi connectivity index (χ0n) is 10.1. The molecule has 0 saturated carbocycles. The number of thioether (sulfide) groups is 1. The Hall–Kier alpha value is -1.73. The number of rotatable bonds is 4. The average Bonchev–Trinajstić information content (AvgIpc) is 2.77. The van der Waals surface area contributed by atoms with Crippen molar-refractivity contribution in [2.45, 2.75) is 17.3 Å². The summed E-state index contributed by atoms with van der Waals surface area (Å²) in [6.07, 6.45) is 0. The summed E-state index contributed by atoms with van der Waals surface area (Å²) in [7, 11) is 0. The molecule has 1 aromatic carbocycles. The van der Waals surface area contributed by atoms with E-state index >= 15 is 0 Å². The maximum atomic E-state index is 11.9. The van der Waals surface area contributed by atoms with Gasteiger partial charge in [0.2, 0.25) is 17.0 Å². The topological polar surface area (TPSA) is 96.7 Å². The maximum Gasteiger partial charge on any atom is 0.237 e. The van der Waals surface area contributed by atoms with Crippen molar-refractivity contribution in [2.75, 3.05) is 11.1 Å². The summed E-state index contributed by atoms with van der Waals surface area (Å²) in [4.78, 5) is 15.9. The van der Waals surface area contributed by atoms with Gasteiger partial charge in [-0.15, -0.1) is 5.10 Å². The number of hydrogen-bond donors (Lipinski definition) is 3. The lowest BCUT2D eigenvalue weighted by atomic mass is 10.3. The predicted octanol–water partition coefficient (Wildman–Crippen LogP) is 2.16. The molecular weight excluding hydrogens is 286 g/mol. The van der Waals surface area contributed by atoms with E-state index in [-0.39, 0.29) is 17.1 Å². The van der Waals surface area contributed by atoms with Crippen LogP contribution in [0.5, 0.6) is 0 Å². The van der Waals surface area contributed by atoms with Crippen LogP contribution < -0.4 is 11.1 Å². The Kier molecular flexibility index (Phi) is 4.28. The predicted molar refractivity (Wildman–Crippen MR) is 76.2 cm³/mol. The first-order valence-corrected chi connectivity index (χ1v) is 6.71. The number of halogens is 1. The molecule has 1 aromatic heterocycles. The van der Waals surface area contributed by atoms with Crippen molar-refractivity contribution in [1.29, 1.82) is 0 Å². The number of anilines is 2. The number of hydrogen-bond acceptors (Lipinski definition) is 5. The minimum absolute atomic E-state index is 0.143. The summed E-state index contributed by atoms with van der Waals surface area (Å²) in [5.74, 6) is 0.0866. The van der Waals surface area contributed by atoms with Crippen LogP contribution in [-0.2, 0) is 4.79 Å². The quantitative estimate of drug-likeness (QED) is 0.751. The summed E-state index contributed by atoms with van der Waals surface area (Å²) in [5, 5.41) is 9.88. The highest BCUT2D eigenvalue weighted by Crippen LogP contribution is 2.21. The number of H-pyrrole nitrogens is 1. The highest BCUT2D eigenvalue weighted by atomic mass is 35.5. The molecule has 2 rings (SSSR count). The van der Waals surface area contributed by atoms with Crippen molar-refractivity contribution in [3.63, 3.8) is 0 Å². The fourth-order valence-corrected chi connectivity index (χ4v) is 2.16. The van der Waals surface area contributed by atoms with E-state index in [0.29, 0.717) is 15.9 Å². The van der Waals surface area contributed by atoms with E-state index in [9.17, 15) is 4.79 Å². The van der Waals surface area contributed by atoms with E-state index in [1.807, 2.05) is 0 Å². The third-order valence-electron chi connectivity index (χ3n) is 2.25. The van der Waals surface area contributed by atoms with Crippen LogP contribution in [0.4, 0.5) is 11.6 Å². The Morgan fingerprint density at radius 1 is 1.47 bits per heavy atom. The van der Waals surface area contributed by atoms with Crippen LogP contribution in [0.15, 0.2) is 29.4 Å². The van der Waals surface area contributed by atoms with Gasteiger partial charge in [0.15, 0.2) is 0 Å². The monoisotopic (exact) mass is 297 g/mol. The van der Waals surface area contributed by atoms with E-state index in [1.165, 1.54) is 11.8 Å². The number of nitrogens with one attached hydrogen (secondary N) is 2. The molecule has 1 heterocycles. The molecule has 0 spiro atoms. The number of aromatic amines is 1. The number of carbonyl (C=O) groups excluding carboxylic acids is 1. The highest BCUT2D eigenvalue weighted by Gasteiger charge is 2.16. The second-order valence-corrected chi connectivity index (χ2v) is 5.50. The summed E-state index contributed by atoms with van der Waals surface area (Å²) >= 11 is 7.00. The lowest BCUT2D eigenvalue weighted by Gasteiger charge is -2.10. The Balaban J connectivity index is 1.94. The van der Waals surface area contributed by atoms with Gasteiger partial charge < -0.3 is 11.1 Å². The van der Waals surface area contributed by atoms with Crippen molar-refractivity contribution in [3.05, 3.63) is 29.3 Å². The van der Waals surface area contributed by atoms with Crippen molar-refractivity contribution in [3.8, 4) is 0 Å². The summed E-state index contributed by atoms with van der Waals surface area (Å²) in [6.45, 7) is 1.77. The van der Waals surface area contributed by atoms with Gasteiger partial charge in [0.05, 0.1) is 5.25 Å². The first kappa shape index (κ1) is 13.7. The molecule has 0 bridgehead atoms. The third-order valence-corrected chi connectivity index (χ3v) is 3.46. The van der Waals surface area contributed by atoms with Gasteiger partial charge in [0, 0.05) is 10.7 Å². The first-order chi connectivity index (χ1) is 9.04. The fourth-order valence-electron chi connectivity index (χ4n) is 1.30. The molecule has 0 radical (unpaired) electrons. The normalized spacial score (nSPS) is 12.1. The molecule has 0 saturated heterocycles. The van der Waals surface area contributed by atoms with E-state index in [2.05, 4.69) is 20.5 Å². The van der Waals surface area contributed by atoms with Crippen molar-refractivity contribution in [1.82, 2.24) is 15.2 Å². The standard InChI is InChI=1S/C11H12ClN5OS/c1-6(19-11-15-10(13)16-17-11)9(18)14-8-4-2-7(12)3-5-8/h2-6H,1H3,(H,14,18)(H3,13,15,16,17). The molecule has 1 atom stereocenters. The van der Waals surface area contributed by atoms with Crippen molar-refractivity contribution in [2.24, 2.45) is 0 Å². The van der Waals surface area contributed by atoms with Crippen LogP contribution in [0.1, 0.15) is 6.92 Å². The summed E-state index contributed by atoms with van der Waals surface area (Å²) in [5.41, 5.74) is 6.10. The fraction of sp³-hybridized carbons (Fsp3) is 0.182. The Bertz CT molecular complexity index is 571. The molecule has 19 heavy (non-hydrogen) atoms. The number of benzene rings is 1. The lowest BCUT2D eigenvalue weighted by molar-refractivity contribution is -0.115. The highest BCUT2D eigenvalue weighted by molar-refractivity contribution is 8.00. The van der Waals surface area contributed by atoms with Gasteiger partial charge in [0.1, 0.15) is 0 Å². The summed E-state index contributed by atoms with van der Waals surface area (Å²) in [6, 6.07) is 6.90. The second-order valence-electron chi connectivity index (χ2n) is 3.76. The third kappa shape index (κ3) is 3.87. The molecule has 0 aliphatic rings. The van der Waals surface area contributed by atoms with Gasteiger partial charge in [-0.25, -0.2) is 5.10 Å². The van der Waals surface area contributed by atoms with Gasteiger partial charge in [-0.05, 0) is 31.2 Å². The number of amides is 1. The number of nitrogen functional groups attached to an aromatic ring is 1. The number of carbonyl (C=O) groups is 1. The van der Waals surface area contributed by atoms with Crippen LogP contribution >= 0.6 is 23.4 Å². The van der Waals surface area contributed by atoms with E-state index < -0.39 is 0 Å². The molecule has 2 aromatic rings. The van der Waals surface area contributed by atoms with Crippen LogP contribution in [0.3, 0.4) is 0 Å². The van der Waals surface area contributed by atoms with Crippen LogP contribution in [-0.4, -0.2) is 26.3 Å². The number of aromatic nitrogens is 3. The minimum Gasteiger partial charge on any atom is -0.368 e. The maximum absolute atomic E-state index is 11.9. The molecular formula is C11H12ClN5OS. The van der Waals surface area contributed by atoms with Gasteiger partial charge in [-0.1, -0.05) is 23.4 Å². The van der Waals surface area contributed by atoms with Crippen molar-refractivity contribution >= 4 is 40.9 Å². The van der Waals surface area contributed by atoms with Crippen molar-refractivity contribution < 1.29 is 4.79 Å². The molecule has 6 nitrogen and oxygen atoms in total. The van der Waals surface area contributed by atoms with Gasteiger partial charge >= 0.3 is 0 Å². The Morgan fingerprint density at radius 2 is 2.16 bits per heavy atom. The number of nitrogens with two attached hydrogens (primary N) is 1. The Morgan fingerprint density at radius 3 is 2.74 bits per heavy atom. The van der Waals surface area contributed by atoms with E-state index in [0.717, 1.165) is 0 Å². The van der Waals surface area contributed by atoms with E-state index in [1.54, 1.807) is 31.2 Å². The molecule has 0 aliphatic carbocycles. The molecule has 100 valence electrons.